The fourth-order valence-corrected chi connectivity index (χ4v) is 2.44. The molecule has 0 saturated carbocycles. The molecular weight excluding hydrogens is 192 g/mol. The summed E-state index contributed by atoms with van der Waals surface area (Å²) in [6.45, 7) is 2.29. The van der Waals surface area contributed by atoms with E-state index in [4.69, 9.17) is 0 Å². The highest BCUT2D eigenvalue weighted by atomic mass is 14.2. The quantitative estimate of drug-likeness (QED) is 0.678. The first-order valence-corrected chi connectivity index (χ1v) is 6.28. The maximum absolute atomic E-state index is 2.35. The molecule has 0 aliphatic heterocycles. The molecule has 2 rings (SSSR count). The van der Waals surface area contributed by atoms with Crippen molar-refractivity contribution in [2.75, 3.05) is 0 Å². The van der Waals surface area contributed by atoms with E-state index in [1.54, 1.807) is 0 Å². The van der Waals surface area contributed by atoms with Crippen molar-refractivity contribution >= 4 is 0 Å². The summed E-state index contributed by atoms with van der Waals surface area (Å²) in [7, 11) is 0. The zero-order chi connectivity index (χ0) is 11.2. The molecule has 0 amide bonds. The molecule has 0 heteroatoms. The van der Waals surface area contributed by atoms with E-state index in [1.807, 2.05) is 0 Å². The average molecular weight is 212 g/mol. The first-order valence-electron chi connectivity index (χ1n) is 6.28. The highest BCUT2D eigenvalue weighted by molar-refractivity contribution is 5.20. The molecule has 84 valence electrons. The Hall–Kier alpha value is -1.30. The second kappa shape index (κ2) is 5.69. The summed E-state index contributed by atoms with van der Waals surface area (Å²) in [4.78, 5) is 0. The standard InChI is InChI=1S/C16H20/c1-2-15(16-11-7-4-8-12-16)13-14-9-5-3-6-10-14/h3-9,11-12,14-15H,2,10,13H2,1H3. The van der Waals surface area contributed by atoms with Crippen LogP contribution >= 0.6 is 0 Å². The van der Waals surface area contributed by atoms with Gasteiger partial charge in [0.1, 0.15) is 0 Å². The van der Waals surface area contributed by atoms with Gasteiger partial charge in [-0.05, 0) is 36.7 Å². The van der Waals surface area contributed by atoms with Crippen LogP contribution in [0.1, 0.15) is 37.7 Å². The molecule has 1 aromatic carbocycles. The molecule has 0 radical (unpaired) electrons. The third-order valence-corrected chi connectivity index (χ3v) is 3.42. The predicted octanol–water partition coefficient (Wildman–Crippen LogP) is 4.70. The van der Waals surface area contributed by atoms with E-state index >= 15 is 0 Å². The fourth-order valence-electron chi connectivity index (χ4n) is 2.44. The molecule has 0 fully saturated rings. The maximum Gasteiger partial charge on any atom is -0.0159 e. The molecule has 1 aromatic rings. The van der Waals surface area contributed by atoms with Gasteiger partial charge in [0.2, 0.25) is 0 Å². The Morgan fingerprint density at radius 2 is 2.00 bits per heavy atom. The van der Waals surface area contributed by atoms with Gasteiger partial charge in [-0.3, -0.25) is 0 Å². The van der Waals surface area contributed by atoms with Gasteiger partial charge >= 0.3 is 0 Å². The van der Waals surface area contributed by atoms with Gasteiger partial charge in [-0.15, -0.1) is 0 Å². The van der Waals surface area contributed by atoms with Crippen LogP contribution in [0.15, 0.2) is 54.6 Å². The van der Waals surface area contributed by atoms with E-state index in [0.717, 1.165) is 5.92 Å². The Balaban J connectivity index is 2.01. The number of benzene rings is 1. The first-order chi connectivity index (χ1) is 7.90. The van der Waals surface area contributed by atoms with Crippen molar-refractivity contribution < 1.29 is 0 Å². The van der Waals surface area contributed by atoms with Crippen LogP contribution in [-0.2, 0) is 0 Å². The molecule has 0 nitrogen and oxygen atoms in total. The van der Waals surface area contributed by atoms with Gasteiger partial charge in [0, 0.05) is 0 Å². The first kappa shape index (κ1) is 11.2. The van der Waals surface area contributed by atoms with Crippen molar-refractivity contribution in [3.05, 3.63) is 60.2 Å². The molecule has 1 aliphatic rings. The van der Waals surface area contributed by atoms with Crippen molar-refractivity contribution in [2.24, 2.45) is 5.92 Å². The third-order valence-electron chi connectivity index (χ3n) is 3.42. The topological polar surface area (TPSA) is 0 Å². The minimum absolute atomic E-state index is 0.711. The van der Waals surface area contributed by atoms with Gasteiger partial charge in [0.05, 0.1) is 0 Å². The zero-order valence-corrected chi connectivity index (χ0v) is 9.97. The van der Waals surface area contributed by atoms with Crippen molar-refractivity contribution in [2.45, 2.75) is 32.1 Å². The summed E-state index contributed by atoms with van der Waals surface area (Å²) in [5.41, 5.74) is 1.49. The fraction of sp³-hybridized carbons (Fsp3) is 0.375. The Labute approximate surface area is 98.7 Å². The maximum atomic E-state index is 2.35. The average Bonchev–Trinajstić information content (AvgIpc) is 2.38. The highest BCUT2D eigenvalue weighted by Crippen LogP contribution is 2.30. The SMILES string of the molecule is CCC(CC1C=CC=CC1)c1ccccc1. The second-order valence-corrected chi connectivity index (χ2v) is 4.56. The monoisotopic (exact) mass is 212 g/mol. The molecular formula is C16H20. The van der Waals surface area contributed by atoms with Gasteiger partial charge in [0.15, 0.2) is 0 Å². The number of allylic oxidation sites excluding steroid dienone is 4. The Kier molecular flexibility index (Phi) is 3.98. The van der Waals surface area contributed by atoms with Crippen LogP contribution in [0, 0.1) is 5.92 Å². The molecule has 1 aliphatic carbocycles. The molecule has 16 heavy (non-hydrogen) atoms. The smallest absolute Gasteiger partial charge is 0.0159 e. The lowest BCUT2D eigenvalue weighted by atomic mass is 9.84. The molecule has 0 aromatic heterocycles. The molecule has 2 unspecified atom stereocenters. The van der Waals surface area contributed by atoms with Crippen LogP contribution in [0.4, 0.5) is 0 Å². The van der Waals surface area contributed by atoms with Gasteiger partial charge in [-0.25, -0.2) is 0 Å². The Morgan fingerprint density at radius 3 is 2.62 bits per heavy atom. The van der Waals surface area contributed by atoms with Crippen LogP contribution in [0.3, 0.4) is 0 Å². The molecule has 0 heterocycles. The molecule has 0 N–H and O–H groups in total. The van der Waals surface area contributed by atoms with E-state index in [2.05, 4.69) is 61.6 Å². The van der Waals surface area contributed by atoms with Crippen molar-refractivity contribution in [1.29, 1.82) is 0 Å². The molecule has 0 spiro atoms. The second-order valence-electron chi connectivity index (χ2n) is 4.56. The van der Waals surface area contributed by atoms with Crippen molar-refractivity contribution in [3.8, 4) is 0 Å². The van der Waals surface area contributed by atoms with Gasteiger partial charge in [0.25, 0.3) is 0 Å². The van der Waals surface area contributed by atoms with Crippen molar-refractivity contribution in [1.82, 2.24) is 0 Å². The van der Waals surface area contributed by atoms with E-state index in [0.29, 0.717) is 5.92 Å². The molecule has 2 atom stereocenters. The van der Waals surface area contributed by atoms with Gasteiger partial charge < -0.3 is 0 Å². The van der Waals surface area contributed by atoms with Crippen molar-refractivity contribution in [3.63, 3.8) is 0 Å². The Bertz CT molecular complexity index is 359. The highest BCUT2D eigenvalue weighted by Gasteiger charge is 2.14. The summed E-state index contributed by atoms with van der Waals surface area (Å²) >= 11 is 0. The van der Waals surface area contributed by atoms with E-state index < -0.39 is 0 Å². The summed E-state index contributed by atoms with van der Waals surface area (Å²) in [6.07, 6.45) is 12.7. The van der Waals surface area contributed by atoms with Crippen LogP contribution in [0.25, 0.3) is 0 Å². The van der Waals surface area contributed by atoms with Crippen LogP contribution in [0.2, 0.25) is 0 Å². The van der Waals surface area contributed by atoms with Crippen LogP contribution in [0.5, 0.6) is 0 Å². The van der Waals surface area contributed by atoms with E-state index in [1.165, 1.54) is 24.8 Å². The van der Waals surface area contributed by atoms with E-state index in [9.17, 15) is 0 Å². The normalized spacial score (nSPS) is 20.9. The van der Waals surface area contributed by atoms with Gasteiger partial charge in [-0.2, -0.15) is 0 Å². The van der Waals surface area contributed by atoms with Crippen LogP contribution < -0.4 is 0 Å². The van der Waals surface area contributed by atoms with Gasteiger partial charge in [-0.1, -0.05) is 61.6 Å². The summed E-state index contributed by atoms with van der Waals surface area (Å²) in [5.74, 6) is 1.44. The Morgan fingerprint density at radius 1 is 1.19 bits per heavy atom. The number of hydrogen-bond donors (Lipinski definition) is 0. The largest absolute Gasteiger partial charge is 0.0840 e. The number of hydrogen-bond acceptors (Lipinski definition) is 0. The zero-order valence-electron chi connectivity index (χ0n) is 9.97. The minimum atomic E-state index is 0.711. The lowest BCUT2D eigenvalue weighted by Gasteiger charge is -2.21. The predicted molar refractivity (Wildman–Crippen MR) is 70.5 cm³/mol. The molecule has 0 bridgehead atoms. The third kappa shape index (κ3) is 2.85. The number of rotatable bonds is 4. The summed E-state index contributed by atoms with van der Waals surface area (Å²) < 4.78 is 0. The summed E-state index contributed by atoms with van der Waals surface area (Å²) in [5, 5.41) is 0. The minimum Gasteiger partial charge on any atom is -0.0840 e. The summed E-state index contributed by atoms with van der Waals surface area (Å²) in [6, 6.07) is 10.9. The lowest BCUT2D eigenvalue weighted by molar-refractivity contribution is 0.497. The molecule has 0 saturated heterocycles. The van der Waals surface area contributed by atoms with E-state index in [-0.39, 0.29) is 0 Å². The lowest BCUT2D eigenvalue weighted by Crippen LogP contribution is -2.06. The van der Waals surface area contributed by atoms with Crippen LogP contribution in [-0.4, -0.2) is 0 Å².